The van der Waals surface area contributed by atoms with Gasteiger partial charge in [0.25, 0.3) is 5.91 Å². The third-order valence-electron chi connectivity index (χ3n) is 4.16. The summed E-state index contributed by atoms with van der Waals surface area (Å²) >= 11 is 0. The molecule has 2 aliphatic rings. The molecule has 2 N–H and O–H groups in total. The van der Waals surface area contributed by atoms with Gasteiger partial charge in [-0.2, -0.15) is 5.06 Å². The fourth-order valence-electron chi connectivity index (χ4n) is 3.14. The summed E-state index contributed by atoms with van der Waals surface area (Å²) in [7, 11) is 1.47. The molecular weight excluding hydrogens is 300 g/mol. The van der Waals surface area contributed by atoms with Crippen LogP contribution in [0.1, 0.15) is 32.4 Å². The third-order valence-corrected chi connectivity index (χ3v) is 4.16. The number of fused-ring (bicyclic) bond motifs is 1. The van der Waals surface area contributed by atoms with E-state index < -0.39 is 29.5 Å². The second-order valence-electron chi connectivity index (χ2n) is 6.78. The molecule has 7 nitrogen and oxygen atoms in total. The Hall–Kier alpha value is -2.12. The van der Waals surface area contributed by atoms with Crippen LogP contribution in [0, 0.1) is 5.92 Å². The van der Waals surface area contributed by atoms with Crippen molar-refractivity contribution < 1.29 is 24.3 Å². The van der Waals surface area contributed by atoms with Gasteiger partial charge in [-0.25, -0.2) is 0 Å². The maximum Gasteiger partial charge on any atom is 0.258 e. The quantitative estimate of drug-likeness (QED) is 0.794. The molecule has 23 heavy (non-hydrogen) atoms. The number of benzene rings is 1. The van der Waals surface area contributed by atoms with Gasteiger partial charge in [0.1, 0.15) is 0 Å². The van der Waals surface area contributed by atoms with Crippen LogP contribution in [-0.2, 0) is 14.4 Å². The molecule has 3 atom stereocenters. The van der Waals surface area contributed by atoms with Crippen molar-refractivity contribution in [2.45, 2.75) is 38.5 Å². The SMILES string of the molecule is COc1ccc(C2C3C(=O)NC(=O)C3ON2C(C)(C)C)cc1O. The van der Waals surface area contributed by atoms with Crippen LogP contribution in [0.5, 0.6) is 11.5 Å². The molecule has 0 radical (unpaired) electrons. The first kappa shape index (κ1) is 15.8. The minimum atomic E-state index is -0.837. The maximum absolute atomic E-state index is 12.2. The van der Waals surface area contributed by atoms with E-state index in [9.17, 15) is 14.7 Å². The van der Waals surface area contributed by atoms with Crippen LogP contribution in [0.2, 0.25) is 0 Å². The molecule has 7 heteroatoms. The van der Waals surface area contributed by atoms with Crippen molar-refractivity contribution in [3.05, 3.63) is 23.8 Å². The van der Waals surface area contributed by atoms with Gasteiger partial charge >= 0.3 is 0 Å². The molecule has 3 rings (SSSR count). The van der Waals surface area contributed by atoms with Crippen LogP contribution in [0.4, 0.5) is 0 Å². The highest BCUT2D eigenvalue weighted by molar-refractivity contribution is 6.07. The topological polar surface area (TPSA) is 88.1 Å². The number of ether oxygens (including phenoxy) is 1. The van der Waals surface area contributed by atoms with Gasteiger partial charge in [0, 0.05) is 5.54 Å². The van der Waals surface area contributed by atoms with Gasteiger partial charge in [0.2, 0.25) is 5.91 Å². The molecule has 1 aromatic carbocycles. The molecule has 2 heterocycles. The predicted octanol–water partition coefficient (Wildman–Crippen LogP) is 1.13. The molecule has 0 aromatic heterocycles. The second kappa shape index (κ2) is 5.21. The largest absolute Gasteiger partial charge is 0.504 e. The molecule has 0 spiro atoms. The highest BCUT2D eigenvalue weighted by atomic mass is 16.7. The van der Waals surface area contributed by atoms with Gasteiger partial charge < -0.3 is 9.84 Å². The molecule has 1 aromatic rings. The Labute approximate surface area is 134 Å². The summed E-state index contributed by atoms with van der Waals surface area (Å²) in [6.07, 6.45) is -0.837. The van der Waals surface area contributed by atoms with Gasteiger partial charge in [-0.1, -0.05) is 6.07 Å². The van der Waals surface area contributed by atoms with E-state index in [4.69, 9.17) is 9.57 Å². The predicted molar refractivity (Wildman–Crippen MR) is 80.5 cm³/mol. The van der Waals surface area contributed by atoms with Crippen LogP contribution in [0.3, 0.4) is 0 Å². The average molecular weight is 320 g/mol. The number of aromatic hydroxyl groups is 1. The summed E-state index contributed by atoms with van der Waals surface area (Å²) in [6.45, 7) is 5.81. The standard InChI is InChI=1S/C16H20N2O5/c1-16(2,3)18-12(8-5-6-10(22-4)9(19)7-8)11-13(23-18)15(21)17-14(11)20/h5-7,11-13,19H,1-4H3,(H,17,20,21). The Morgan fingerprint density at radius 2 is 1.96 bits per heavy atom. The number of hydrogen-bond acceptors (Lipinski definition) is 6. The highest BCUT2D eigenvalue weighted by Gasteiger charge is 2.58. The van der Waals surface area contributed by atoms with E-state index in [2.05, 4.69) is 5.32 Å². The zero-order chi connectivity index (χ0) is 16.9. The van der Waals surface area contributed by atoms with Gasteiger partial charge in [0.05, 0.1) is 19.1 Å². The molecule has 2 amide bonds. The number of carbonyl (C=O) groups excluding carboxylic acids is 2. The minimum absolute atomic E-state index is 0.0213. The number of rotatable bonds is 2. The molecule has 0 saturated carbocycles. The average Bonchev–Trinajstić information content (AvgIpc) is 2.98. The molecule has 2 aliphatic heterocycles. The molecule has 2 saturated heterocycles. The Bertz CT molecular complexity index is 667. The Morgan fingerprint density at radius 3 is 2.52 bits per heavy atom. The van der Waals surface area contributed by atoms with Gasteiger partial charge in [-0.05, 0) is 38.5 Å². The zero-order valence-corrected chi connectivity index (χ0v) is 13.5. The van der Waals surface area contributed by atoms with Crippen molar-refractivity contribution in [3.63, 3.8) is 0 Å². The van der Waals surface area contributed by atoms with Crippen LogP contribution in [0.25, 0.3) is 0 Å². The molecular formula is C16H20N2O5. The number of nitrogens with one attached hydrogen (secondary N) is 1. The van der Waals surface area contributed by atoms with Crippen molar-refractivity contribution >= 4 is 11.8 Å². The lowest BCUT2D eigenvalue weighted by molar-refractivity contribution is -0.212. The van der Waals surface area contributed by atoms with Crippen LogP contribution in [-0.4, -0.2) is 40.7 Å². The monoisotopic (exact) mass is 320 g/mol. The summed E-state index contributed by atoms with van der Waals surface area (Å²) in [4.78, 5) is 29.9. The summed E-state index contributed by atoms with van der Waals surface area (Å²) in [5, 5.41) is 14.0. The zero-order valence-electron chi connectivity index (χ0n) is 13.5. The Kier molecular flexibility index (Phi) is 3.57. The lowest BCUT2D eigenvalue weighted by atomic mass is 9.89. The van der Waals surface area contributed by atoms with Gasteiger partial charge in [-0.3, -0.25) is 19.7 Å². The van der Waals surface area contributed by atoms with Gasteiger partial charge in [0.15, 0.2) is 17.6 Å². The van der Waals surface area contributed by atoms with E-state index in [-0.39, 0.29) is 11.7 Å². The summed E-state index contributed by atoms with van der Waals surface area (Å²) in [5.74, 6) is -1.10. The fourth-order valence-corrected chi connectivity index (χ4v) is 3.14. The first-order valence-corrected chi connectivity index (χ1v) is 7.42. The van der Waals surface area contributed by atoms with E-state index in [0.717, 1.165) is 0 Å². The smallest absolute Gasteiger partial charge is 0.258 e. The first-order valence-electron chi connectivity index (χ1n) is 7.42. The van der Waals surface area contributed by atoms with Crippen molar-refractivity contribution in [1.82, 2.24) is 10.4 Å². The Balaban J connectivity index is 2.06. The van der Waals surface area contributed by atoms with Crippen LogP contribution < -0.4 is 10.1 Å². The van der Waals surface area contributed by atoms with E-state index in [1.807, 2.05) is 20.8 Å². The number of hydroxylamine groups is 2. The van der Waals surface area contributed by atoms with E-state index in [0.29, 0.717) is 11.3 Å². The van der Waals surface area contributed by atoms with E-state index >= 15 is 0 Å². The van der Waals surface area contributed by atoms with Crippen molar-refractivity contribution in [2.24, 2.45) is 5.92 Å². The minimum Gasteiger partial charge on any atom is -0.504 e. The number of nitrogens with zero attached hydrogens (tertiary/aromatic N) is 1. The van der Waals surface area contributed by atoms with Gasteiger partial charge in [-0.15, -0.1) is 0 Å². The first-order chi connectivity index (χ1) is 10.7. The number of methoxy groups -OCH3 is 1. The molecule has 3 unspecified atom stereocenters. The van der Waals surface area contributed by atoms with Crippen LogP contribution >= 0.6 is 0 Å². The molecule has 124 valence electrons. The summed E-state index contributed by atoms with van der Waals surface area (Å²) in [5.41, 5.74) is 0.265. The second-order valence-corrected chi connectivity index (χ2v) is 6.78. The summed E-state index contributed by atoms with van der Waals surface area (Å²) in [6, 6.07) is 4.48. The number of phenolic OH excluding ortho intramolecular Hbond substituents is 1. The lowest BCUT2D eigenvalue weighted by Crippen LogP contribution is -2.43. The lowest BCUT2D eigenvalue weighted by Gasteiger charge is -2.36. The van der Waals surface area contributed by atoms with Crippen LogP contribution in [0.15, 0.2) is 18.2 Å². The van der Waals surface area contributed by atoms with Crippen molar-refractivity contribution in [3.8, 4) is 11.5 Å². The number of carbonyl (C=O) groups is 2. The van der Waals surface area contributed by atoms with E-state index in [1.165, 1.54) is 7.11 Å². The highest BCUT2D eigenvalue weighted by Crippen LogP contribution is 2.46. The molecule has 0 aliphatic carbocycles. The van der Waals surface area contributed by atoms with E-state index in [1.54, 1.807) is 23.3 Å². The fraction of sp³-hybridized carbons (Fsp3) is 0.500. The number of amides is 2. The maximum atomic E-state index is 12.2. The van der Waals surface area contributed by atoms with Crippen molar-refractivity contribution in [2.75, 3.05) is 7.11 Å². The van der Waals surface area contributed by atoms with Crippen molar-refractivity contribution in [1.29, 1.82) is 0 Å². The normalized spacial score (nSPS) is 27.9. The number of phenols is 1. The number of hydrogen-bond donors (Lipinski definition) is 2. The Morgan fingerprint density at radius 1 is 1.26 bits per heavy atom. The number of imide groups is 1. The third kappa shape index (κ3) is 2.46. The molecule has 2 fully saturated rings. The molecule has 0 bridgehead atoms. The summed E-state index contributed by atoms with van der Waals surface area (Å²) < 4.78 is 5.05.